The first-order valence-corrected chi connectivity index (χ1v) is 7.39. The van der Waals surface area contributed by atoms with Crippen LogP contribution in [0.3, 0.4) is 0 Å². The van der Waals surface area contributed by atoms with Gasteiger partial charge >= 0.3 is 0 Å². The molecule has 0 aliphatic rings. The number of hydrogen-bond acceptors (Lipinski definition) is 4. The fourth-order valence-electron chi connectivity index (χ4n) is 1.38. The number of aromatic nitrogens is 1. The number of thioether (sulfide) groups is 1. The van der Waals surface area contributed by atoms with Gasteiger partial charge in [0.15, 0.2) is 0 Å². The van der Waals surface area contributed by atoms with E-state index < -0.39 is 4.92 Å². The molecule has 1 aromatic heterocycles. The van der Waals surface area contributed by atoms with Gasteiger partial charge in [-0.3, -0.25) is 10.1 Å². The minimum absolute atomic E-state index is 0.0452. The summed E-state index contributed by atoms with van der Waals surface area (Å²) in [6.07, 6.45) is 1.71. The summed E-state index contributed by atoms with van der Waals surface area (Å²) >= 11 is 10.8. The highest BCUT2D eigenvalue weighted by Crippen LogP contribution is 2.28. The molecular weight excluding hydrogens is 352 g/mol. The molecule has 7 heteroatoms. The van der Waals surface area contributed by atoms with Crippen LogP contribution in [0.1, 0.15) is 5.56 Å². The molecule has 0 atom stereocenters. The van der Waals surface area contributed by atoms with Crippen molar-refractivity contribution < 1.29 is 4.92 Å². The van der Waals surface area contributed by atoms with Gasteiger partial charge in [0, 0.05) is 33.6 Å². The van der Waals surface area contributed by atoms with Gasteiger partial charge < -0.3 is 0 Å². The Bertz CT molecular complexity index is 607. The Morgan fingerprint density at radius 3 is 2.79 bits per heavy atom. The lowest BCUT2D eigenvalue weighted by Gasteiger charge is -2.04. The second-order valence-electron chi connectivity index (χ2n) is 3.64. The van der Waals surface area contributed by atoms with Crippen molar-refractivity contribution in [3.05, 3.63) is 61.7 Å². The predicted molar refractivity (Wildman–Crippen MR) is 79.6 cm³/mol. The van der Waals surface area contributed by atoms with Gasteiger partial charge in [-0.05, 0) is 39.7 Å². The Morgan fingerprint density at radius 1 is 1.37 bits per heavy atom. The number of nitro benzene ring substituents is 1. The SMILES string of the molecule is O=[N+]([O-])c1ccc(Cl)c(CSc2ccc(Br)cn2)c1. The normalized spacial score (nSPS) is 10.4. The van der Waals surface area contributed by atoms with Crippen LogP contribution in [0.4, 0.5) is 5.69 Å². The van der Waals surface area contributed by atoms with Gasteiger partial charge in [0.05, 0.1) is 9.95 Å². The van der Waals surface area contributed by atoms with Gasteiger partial charge in [0.1, 0.15) is 0 Å². The molecule has 2 rings (SSSR count). The summed E-state index contributed by atoms with van der Waals surface area (Å²) in [4.78, 5) is 14.5. The van der Waals surface area contributed by atoms with Crippen LogP contribution in [0.25, 0.3) is 0 Å². The van der Waals surface area contributed by atoms with E-state index in [1.807, 2.05) is 12.1 Å². The summed E-state index contributed by atoms with van der Waals surface area (Å²) in [6.45, 7) is 0. The lowest BCUT2D eigenvalue weighted by Crippen LogP contribution is -1.91. The predicted octanol–water partition coefficient (Wildman–Crippen LogP) is 4.70. The van der Waals surface area contributed by atoms with Crippen molar-refractivity contribution in [2.45, 2.75) is 10.8 Å². The van der Waals surface area contributed by atoms with E-state index in [1.165, 1.54) is 23.9 Å². The highest BCUT2D eigenvalue weighted by molar-refractivity contribution is 9.10. The number of halogens is 2. The molecule has 1 aromatic carbocycles. The average Bonchev–Trinajstić information content (AvgIpc) is 2.39. The Labute approximate surface area is 127 Å². The summed E-state index contributed by atoms with van der Waals surface area (Å²) in [5.41, 5.74) is 0.773. The van der Waals surface area contributed by atoms with Gasteiger partial charge in [-0.2, -0.15) is 0 Å². The van der Waals surface area contributed by atoms with Crippen molar-refractivity contribution in [2.24, 2.45) is 0 Å². The van der Waals surface area contributed by atoms with Crippen LogP contribution < -0.4 is 0 Å². The topological polar surface area (TPSA) is 56.0 Å². The molecule has 0 radical (unpaired) electrons. The number of non-ortho nitro benzene ring substituents is 1. The molecule has 0 aliphatic heterocycles. The Morgan fingerprint density at radius 2 is 2.16 bits per heavy atom. The van der Waals surface area contributed by atoms with Crippen LogP contribution >= 0.6 is 39.3 Å². The van der Waals surface area contributed by atoms with E-state index in [0.29, 0.717) is 10.8 Å². The van der Waals surface area contributed by atoms with Crippen molar-refractivity contribution >= 4 is 45.0 Å². The van der Waals surface area contributed by atoms with E-state index in [-0.39, 0.29) is 5.69 Å². The molecule has 1 heterocycles. The lowest BCUT2D eigenvalue weighted by molar-refractivity contribution is -0.384. The smallest absolute Gasteiger partial charge is 0.258 e. The number of pyridine rings is 1. The maximum absolute atomic E-state index is 10.7. The lowest BCUT2D eigenvalue weighted by atomic mass is 10.2. The molecule has 2 aromatic rings. The third-order valence-electron chi connectivity index (χ3n) is 2.32. The Kier molecular flexibility index (Phi) is 4.79. The van der Waals surface area contributed by atoms with E-state index >= 15 is 0 Å². The molecule has 0 fully saturated rings. The molecule has 0 bridgehead atoms. The second-order valence-corrected chi connectivity index (χ2v) is 5.95. The van der Waals surface area contributed by atoms with E-state index in [4.69, 9.17) is 11.6 Å². The zero-order chi connectivity index (χ0) is 13.8. The minimum atomic E-state index is -0.428. The molecule has 0 amide bonds. The molecular formula is C12H8BrClN2O2S. The average molecular weight is 360 g/mol. The van der Waals surface area contributed by atoms with E-state index in [9.17, 15) is 10.1 Å². The number of rotatable bonds is 4. The van der Waals surface area contributed by atoms with Crippen LogP contribution in [0.5, 0.6) is 0 Å². The van der Waals surface area contributed by atoms with Crippen LogP contribution in [0.15, 0.2) is 46.0 Å². The van der Waals surface area contributed by atoms with E-state index in [2.05, 4.69) is 20.9 Å². The number of hydrogen-bond donors (Lipinski definition) is 0. The van der Waals surface area contributed by atoms with Crippen LogP contribution in [-0.4, -0.2) is 9.91 Å². The van der Waals surface area contributed by atoms with Gasteiger partial charge in [-0.1, -0.05) is 11.6 Å². The van der Waals surface area contributed by atoms with Gasteiger partial charge in [-0.15, -0.1) is 11.8 Å². The zero-order valence-corrected chi connectivity index (χ0v) is 12.7. The summed E-state index contributed by atoms with van der Waals surface area (Å²) in [7, 11) is 0. The number of benzene rings is 1. The number of nitro groups is 1. The first-order valence-electron chi connectivity index (χ1n) is 5.23. The van der Waals surface area contributed by atoms with Gasteiger partial charge in [0.2, 0.25) is 0 Å². The molecule has 0 saturated heterocycles. The Hall–Kier alpha value is -1.11. The van der Waals surface area contributed by atoms with Crippen LogP contribution in [0.2, 0.25) is 5.02 Å². The molecule has 0 saturated carbocycles. The van der Waals surface area contributed by atoms with Crippen molar-refractivity contribution in [1.29, 1.82) is 0 Å². The molecule has 4 nitrogen and oxygen atoms in total. The third kappa shape index (κ3) is 3.92. The Balaban J connectivity index is 2.12. The summed E-state index contributed by atoms with van der Waals surface area (Å²) in [5.74, 6) is 0.537. The van der Waals surface area contributed by atoms with Crippen molar-refractivity contribution in [2.75, 3.05) is 0 Å². The first kappa shape index (κ1) is 14.3. The molecule has 0 N–H and O–H groups in total. The van der Waals surface area contributed by atoms with Crippen molar-refractivity contribution in [3.63, 3.8) is 0 Å². The quantitative estimate of drug-likeness (QED) is 0.451. The highest BCUT2D eigenvalue weighted by Gasteiger charge is 2.10. The molecule has 19 heavy (non-hydrogen) atoms. The summed E-state index contributed by atoms with van der Waals surface area (Å²) in [5, 5.41) is 12.1. The zero-order valence-electron chi connectivity index (χ0n) is 9.55. The van der Waals surface area contributed by atoms with Crippen LogP contribution in [-0.2, 0) is 5.75 Å². The maximum atomic E-state index is 10.7. The summed E-state index contributed by atoms with van der Waals surface area (Å²) < 4.78 is 0.908. The largest absolute Gasteiger partial charge is 0.269 e. The molecule has 0 spiro atoms. The van der Waals surface area contributed by atoms with Gasteiger partial charge in [-0.25, -0.2) is 4.98 Å². The molecule has 0 aliphatic carbocycles. The second kappa shape index (κ2) is 6.36. The number of nitrogens with zero attached hydrogens (tertiary/aromatic N) is 2. The fourth-order valence-corrected chi connectivity index (χ4v) is 2.72. The monoisotopic (exact) mass is 358 g/mol. The van der Waals surface area contributed by atoms with Gasteiger partial charge in [0.25, 0.3) is 5.69 Å². The maximum Gasteiger partial charge on any atom is 0.269 e. The summed E-state index contributed by atoms with van der Waals surface area (Å²) in [6, 6.07) is 8.21. The van der Waals surface area contributed by atoms with Crippen molar-refractivity contribution in [3.8, 4) is 0 Å². The highest BCUT2D eigenvalue weighted by atomic mass is 79.9. The van der Waals surface area contributed by atoms with Crippen LogP contribution in [0, 0.1) is 10.1 Å². The fraction of sp³-hybridized carbons (Fsp3) is 0.0833. The minimum Gasteiger partial charge on any atom is -0.258 e. The van der Waals surface area contributed by atoms with E-state index in [0.717, 1.165) is 15.1 Å². The van der Waals surface area contributed by atoms with Crippen molar-refractivity contribution in [1.82, 2.24) is 4.98 Å². The molecule has 0 unspecified atom stereocenters. The third-order valence-corrected chi connectivity index (χ3v) is 4.15. The van der Waals surface area contributed by atoms with E-state index in [1.54, 1.807) is 12.3 Å². The first-order chi connectivity index (χ1) is 9.06. The standard InChI is InChI=1S/C12H8BrClN2O2S/c13-9-1-4-12(15-6-9)19-7-8-5-10(16(17)18)2-3-11(8)14/h1-6H,7H2. The molecule has 98 valence electrons.